The summed E-state index contributed by atoms with van der Waals surface area (Å²) in [5, 5.41) is 2.60. The molecule has 1 N–H and O–H groups in total. The van der Waals surface area contributed by atoms with Gasteiger partial charge in [-0.25, -0.2) is 4.79 Å². The van der Waals surface area contributed by atoms with Crippen LogP contribution in [0.25, 0.3) is 0 Å². The van der Waals surface area contributed by atoms with E-state index in [1.54, 1.807) is 18.2 Å². The molecular weight excluding hydrogens is 444 g/mol. The fraction of sp³-hybridized carbons (Fsp3) is 0.333. The van der Waals surface area contributed by atoms with Gasteiger partial charge in [0.25, 0.3) is 17.7 Å². The molecule has 1 saturated heterocycles. The number of hydrogen-bond donors (Lipinski definition) is 1. The van der Waals surface area contributed by atoms with E-state index in [1.807, 2.05) is 0 Å². The number of nitrogens with one attached hydrogen (secondary N) is 1. The number of amides is 3. The average molecular weight is 468 g/mol. The highest BCUT2D eigenvalue weighted by Gasteiger charge is 2.38. The summed E-state index contributed by atoms with van der Waals surface area (Å²) in [5.41, 5.74) is 0.770. The Bertz CT molecular complexity index is 1140. The van der Waals surface area contributed by atoms with Gasteiger partial charge >= 0.3 is 5.97 Å². The molecule has 2 aliphatic rings. The van der Waals surface area contributed by atoms with Crippen molar-refractivity contribution in [2.75, 3.05) is 39.3 Å². The van der Waals surface area contributed by atoms with Crippen molar-refractivity contribution in [2.45, 2.75) is 18.9 Å². The maximum Gasteiger partial charge on any atom is 0.338 e. The lowest BCUT2D eigenvalue weighted by molar-refractivity contribution is -0.119. The molecule has 10 nitrogen and oxygen atoms in total. The van der Waals surface area contributed by atoms with Crippen LogP contribution < -0.4 is 14.8 Å². The van der Waals surface area contributed by atoms with Gasteiger partial charge in [0.05, 0.1) is 49.2 Å². The molecule has 34 heavy (non-hydrogen) atoms. The van der Waals surface area contributed by atoms with Crippen molar-refractivity contribution in [1.29, 1.82) is 0 Å². The first-order valence-electron chi connectivity index (χ1n) is 10.7. The lowest BCUT2D eigenvalue weighted by atomic mass is 10.1. The molecule has 2 heterocycles. The summed E-state index contributed by atoms with van der Waals surface area (Å²) >= 11 is 0. The average Bonchev–Trinajstić information content (AvgIpc) is 3.45. The Hall–Kier alpha value is -3.92. The summed E-state index contributed by atoms with van der Waals surface area (Å²) in [6.45, 7) is 0.232. The largest absolute Gasteiger partial charge is 0.497 e. The summed E-state index contributed by atoms with van der Waals surface area (Å²) in [6.07, 6.45) is 1.50. The highest BCUT2D eigenvalue weighted by molar-refractivity contribution is 6.22. The van der Waals surface area contributed by atoms with E-state index in [1.165, 1.54) is 32.4 Å². The van der Waals surface area contributed by atoms with E-state index in [9.17, 15) is 19.2 Å². The second kappa shape index (κ2) is 9.92. The van der Waals surface area contributed by atoms with E-state index in [0.29, 0.717) is 23.8 Å². The molecule has 0 spiro atoms. The summed E-state index contributed by atoms with van der Waals surface area (Å²) in [5.74, 6) is -1.35. The third kappa shape index (κ3) is 4.72. The minimum absolute atomic E-state index is 0.0608. The fourth-order valence-corrected chi connectivity index (χ4v) is 3.89. The highest BCUT2D eigenvalue weighted by atomic mass is 16.5. The first kappa shape index (κ1) is 23.2. The van der Waals surface area contributed by atoms with Gasteiger partial charge < -0.3 is 24.3 Å². The van der Waals surface area contributed by atoms with Crippen molar-refractivity contribution in [3.63, 3.8) is 0 Å². The number of methoxy groups -OCH3 is 2. The number of rotatable bonds is 8. The standard InChI is InChI=1S/C24H24N2O8/c1-31-15-6-8-20(32-2)19(11-15)25-21(27)13-34-24(30)14-5-7-17-18(10-14)23(29)26(22(17)28)12-16-4-3-9-33-16/h5-8,10-11,16H,3-4,9,12-13H2,1-2H3,(H,25,27)/t16-/m0/s1. The van der Waals surface area contributed by atoms with Crippen LogP contribution in [-0.2, 0) is 14.3 Å². The number of carbonyl (C=O) groups excluding carboxylic acids is 4. The number of benzene rings is 2. The van der Waals surface area contributed by atoms with Crippen molar-refractivity contribution in [2.24, 2.45) is 0 Å². The van der Waals surface area contributed by atoms with Crippen molar-refractivity contribution in [3.05, 3.63) is 53.1 Å². The lowest BCUT2D eigenvalue weighted by Gasteiger charge is -2.17. The Labute approximate surface area is 195 Å². The van der Waals surface area contributed by atoms with Crippen LogP contribution in [0.4, 0.5) is 5.69 Å². The molecule has 2 aromatic carbocycles. The Balaban J connectivity index is 1.38. The molecule has 3 amide bonds. The van der Waals surface area contributed by atoms with Crippen LogP contribution in [0.3, 0.4) is 0 Å². The number of nitrogens with zero attached hydrogens (tertiary/aromatic N) is 1. The van der Waals surface area contributed by atoms with E-state index in [2.05, 4.69) is 5.32 Å². The van der Waals surface area contributed by atoms with Gasteiger partial charge in [0.1, 0.15) is 11.5 Å². The second-order valence-corrected chi connectivity index (χ2v) is 7.81. The van der Waals surface area contributed by atoms with E-state index in [4.69, 9.17) is 18.9 Å². The molecule has 2 aliphatic heterocycles. The zero-order valence-corrected chi connectivity index (χ0v) is 18.8. The number of fused-ring (bicyclic) bond motifs is 1. The number of anilines is 1. The van der Waals surface area contributed by atoms with Gasteiger partial charge in [0, 0.05) is 12.7 Å². The SMILES string of the molecule is COc1ccc(OC)c(NC(=O)COC(=O)c2ccc3c(c2)C(=O)N(C[C@@H]2CCCO2)C3=O)c1. The Morgan fingerprint density at radius 2 is 1.85 bits per heavy atom. The molecule has 2 aromatic rings. The molecule has 0 aliphatic carbocycles. The molecular formula is C24H24N2O8. The summed E-state index contributed by atoms with van der Waals surface area (Å²) < 4.78 is 21.0. The Morgan fingerprint density at radius 1 is 1.06 bits per heavy atom. The highest BCUT2D eigenvalue weighted by Crippen LogP contribution is 2.29. The van der Waals surface area contributed by atoms with E-state index < -0.39 is 30.3 Å². The molecule has 178 valence electrons. The zero-order chi connectivity index (χ0) is 24.2. The topological polar surface area (TPSA) is 120 Å². The number of carbonyl (C=O) groups is 4. The lowest BCUT2D eigenvalue weighted by Crippen LogP contribution is -2.36. The number of hydrogen-bond acceptors (Lipinski definition) is 8. The molecule has 0 aromatic heterocycles. The van der Waals surface area contributed by atoms with Crippen LogP contribution in [0.5, 0.6) is 11.5 Å². The fourth-order valence-electron chi connectivity index (χ4n) is 3.89. The van der Waals surface area contributed by atoms with Crippen LogP contribution in [0, 0.1) is 0 Å². The molecule has 10 heteroatoms. The molecule has 0 bridgehead atoms. The van der Waals surface area contributed by atoms with Gasteiger partial charge in [0.2, 0.25) is 0 Å². The summed E-state index contributed by atoms with van der Waals surface area (Å²) in [7, 11) is 2.95. The predicted molar refractivity (Wildman–Crippen MR) is 119 cm³/mol. The van der Waals surface area contributed by atoms with Gasteiger partial charge in [-0.1, -0.05) is 0 Å². The molecule has 4 rings (SSSR count). The molecule has 0 radical (unpaired) electrons. The second-order valence-electron chi connectivity index (χ2n) is 7.81. The zero-order valence-electron chi connectivity index (χ0n) is 18.8. The van der Waals surface area contributed by atoms with Crippen molar-refractivity contribution in [3.8, 4) is 11.5 Å². The minimum atomic E-state index is -0.798. The van der Waals surface area contributed by atoms with Crippen molar-refractivity contribution >= 4 is 29.4 Å². The quantitative estimate of drug-likeness (QED) is 0.463. The Morgan fingerprint density at radius 3 is 2.56 bits per heavy atom. The van der Waals surface area contributed by atoms with Crippen molar-refractivity contribution in [1.82, 2.24) is 4.90 Å². The van der Waals surface area contributed by atoms with Gasteiger partial charge in [-0.15, -0.1) is 0 Å². The third-order valence-electron chi connectivity index (χ3n) is 5.63. The van der Waals surface area contributed by atoms with Crippen LogP contribution in [0.2, 0.25) is 0 Å². The maximum absolute atomic E-state index is 12.8. The van der Waals surface area contributed by atoms with Gasteiger partial charge in [0.15, 0.2) is 6.61 Å². The van der Waals surface area contributed by atoms with Gasteiger partial charge in [-0.3, -0.25) is 19.3 Å². The normalized spacial score (nSPS) is 16.9. The van der Waals surface area contributed by atoms with E-state index >= 15 is 0 Å². The number of esters is 1. The molecule has 1 atom stereocenters. The third-order valence-corrected chi connectivity index (χ3v) is 5.63. The van der Waals surface area contributed by atoms with Crippen LogP contribution in [0.15, 0.2) is 36.4 Å². The first-order chi connectivity index (χ1) is 16.4. The monoisotopic (exact) mass is 468 g/mol. The van der Waals surface area contributed by atoms with E-state index in [0.717, 1.165) is 17.7 Å². The number of imide groups is 1. The van der Waals surface area contributed by atoms with Crippen molar-refractivity contribution < 1.29 is 38.1 Å². The summed E-state index contributed by atoms with van der Waals surface area (Å²) in [6, 6.07) is 9.01. The smallest absolute Gasteiger partial charge is 0.338 e. The number of ether oxygens (including phenoxy) is 4. The van der Waals surface area contributed by atoms with Gasteiger partial charge in [-0.2, -0.15) is 0 Å². The van der Waals surface area contributed by atoms with Crippen LogP contribution in [0.1, 0.15) is 43.9 Å². The molecule has 1 fully saturated rings. The molecule has 0 unspecified atom stereocenters. The Kier molecular flexibility index (Phi) is 6.78. The summed E-state index contributed by atoms with van der Waals surface area (Å²) in [4.78, 5) is 51.3. The van der Waals surface area contributed by atoms with Crippen LogP contribution in [-0.4, -0.2) is 68.7 Å². The van der Waals surface area contributed by atoms with E-state index in [-0.39, 0.29) is 29.3 Å². The minimum Gasteiger partial charge on any atom is -0.497 e. The maximum atomic E-state index is 12.8. The molecule has 0 saturated carbocycles. The van der Waals surface area contributed by atoms with Gasteiger partial charge in [-0.05, 0) is 43.2 Å². The van der Waals surface area contributed by atoms with Crippen LogP contribution >= 0.6 is 0 Å². The first-order valence-corrected chi connectivity index (χ1v) is 10.7. The predicted octanol–water partition coefficient (Wildman–Crippen LogP) is 2.27.